The Balaban J connectivity index is 1.23. The van der Waals surface area contributed by atoms with Crippen molar-refractivity contribution >= 4 is 63.5 Å². The molecule has 250 valence electrons. The van der Waals surface area contributed by atoms with Gasteiger partial charge in [-0.25, -0.2) is 14.3 Å². The molecule has 0 spiro atoms. The molecule has 4 heterocycles. The Hall–Kier alpha value is -5.43. The summed E-state index contributed by atoms with van der Waals surface area (Å²) in [5.74, 6) is -5.20. The van der Waals surface area contributed by atoms with Crippen LogP contribution in [0.15, 0.2) is 46.3 Å². The van der Waals surface area contributed by atoms with Crippen LogP contribution in [0.3, 0.4) is 0 Å². The summed E-state index contributed by atoms with van der Waals surface area (Å²) in [5.41, 5.74) is 13.2. The number of hydrogen-bond acceptors (Lipinski definition) is 15. The van der Waals surface area contributed by atoms with Gasteiger partial charge in [-0.05, 0) is 36.4 Å². The van der Waals surface area contributed by atoms with E-state index >= 15 is 0 Å². The van der Waals surface area contributed by atoms with E-state index in [-0.39, 0.29) is 34.4 Å². The first-order valence-corrected chi connectivity index (χ1v) is 16.4. The fourth-order valence-electron chi connectivity index (χ4n) is 5.76. The van der Waals surface area contributed by atoms with Gasteiger partial charge < -0.3 is 46.8 Å². The zero-order valence-electron chi connectivity index (χ0n) is 24.9. The fraction of sp³-hybridized carbons (Fsp3) is 0.310. The minimum atomic E-state index is -1.82. The number of thioether (sulfide) groups is 1. The van der Waals surface area contributed by atoms with Crippen LogP contribution in [0.1, 0.15) is 41.5 Å². The van der Waals surface area contributed by atoms with Crippen molar-refractivity contribution in [3.05, 3.63) is 63.7 Å². The SMILES string of the molecule is Nc1nc(/C(=N/O[C@H](C(=O)O)c2ccc(O)c(O)c2)C(=O)N[C@@H]2C(=O)N3C(C(=O)[O-])=C(C[n+]4cnc(N)c5c4CCCC5)CS[C@H]23)cs1. The summed E-state index contributed by atoms with van der Waals surface area (Å²) in [6.45, 7) is 0.155. The Labute approximate surface area is 279 Å². The molecule has 1 aliphatic carbocycles. The van der Waals surface area contributed by atoms with E-state index in [2.05, 4.69) is 20.4 Å². The lowest BCUT2D eigenvalue weighted by Crippen LogP contribution is -2.71. The van der Waals surface area contributed by atoms with Crippen LogP contribution in [0.2, 0.25) is 0 Å². The van der Waals surface area contributed by atoms with E-state index in [0.29, 0.717) is 11.4 Å². The number of fused-ring (bicyclic) bond motifs is 2. The fourth-order valence-corrected chi connectivity index (χ4v) is 7.65. The van der Waals surface area contributed by atoms with Gasteiger partial charge in [0.1, 0.15) is 29.3 Å². The van der Waals surface area contributed by atoms with Gasteiger partial charge in [-0.2, -0.15) is 0 Å². The number of nitrogens with two attached hydrogens (primary N) is 2. The molecule has 0 radical (unpaired) electrons. The number of nitrogen functional groups attached to an aromatic ring is 2. The summed E-state index contributed by atoms with van der Waals surface area (Å²) in [6.07, 6.45) is 3.19. The van der Waals surface area contributed by atoms with Crippen molar-refractivity contribution < 1.29 is 49.0 Å². The van der Waals surface area contributed by atoms with Crippen molar-refractivity contribution in [3.63, 3.8) is 0 Å². The van der Waals surface area contributed by atoms with Gasteiger partial charge in [-0.3, -0.25) is 14.5 Å². The van der Waals surface area contributed by atoms with Crippen LogP contribution in [0.5, 0.6) is 11.5 Å². The van der Waals surface area contributed by atoms with E-state index in [1.54, 1.807) is 6.33 Å². The van der Waals surface area contributed by atoms with Gasteiger partial charge in [0, 0.05) is 28.7 Å². The predicted molar refractivity (Wildman–Crippen MR) is 167 cm³/mol. The minimum absolute atomic E-state index is 0.0594. The highest BCUT2D eigenvalue weighted by atomic mass is 32.2. The van der Waals surface area contributed by atoms with Gasteiger partial charge in [-0.1, -0.05) is 11.2 Å². The Kier molecular flexibility index (Phi) is 8.80. The molecule has 3 aromatic rings. The molecule has 8 N–H and O–H groups in total. The molecule has 2 aliphatic heterocycles. The molecule has 0 bridgehead atoms. The third-order valence-corrected chi connectivity index (χ3v) is 10.1. The van der Waals surface area contributed by atoms with Gasteiger partial charge in [-0.15, -0.1) is 23.1 Å². The molecule has 6 rings (SSSR count). The monoisotopic (exact) mass is 696 g/mol. The molecule has 17 nitrogen and oxygen atoms in total. The van der Waals surface area contributed by atoms with Gasteiger partial charge in [0.15, 0.2) is 22.3 Å². The van der Waals surface area contributed by atoms with Gasteiger partial charge in [0.2, 0.25) is 11.9 Å². The Bertz CT molecular complexity index is 1910. The first kappa shape index (κ1) is 32.5. The summed E-state index contributed by atoms with van der Waals surface area (Å²) in [6, 6.07) is 2.01. The Morgan fingerprint density at radius 3 is 2.67 bits per heavy atom. The second kappa shape index (κ2) is 13.0. The number of amides is 2. The Morgan fingerprint density at radius 1 is 1.21 bits per heavy atom. The van der Waals surface area contributed by atoms with Gasteiger partial charge in [0.25, 0.3) is 18.1 Å². The number of thiazole rings is 1. The summed E-state index contributed by atoms with van der Waals surface area (Å²) >= 11 is 2.21. The molecule has 48 heavy (non-hydrogen) atoms. The zero-order valence-corrected chi connectivity index (χ0v) is 26.5. The van der Waals surface area contributed by atoms with E-state index in [4.69, 9.17) is 16.3 Å². The third-order valence-electron chi connectivity index (χ3n) is 8.07. The van der Waals surface area contributed by atoms with Crippen molar-refractivity contribution in [2.75, 3.05) is 17.2 Å². The van der Waals surface area contributed by atoms with Gasteiger partial charge in [0.05, 0.1) is 17.2 Å². The number of oxime groups is 1. The summed E-state index contributed by atoms with van der Waals surface area (Å²) in [4.78, 5) is 65.9. The highest BCUT2D eigenvalue weighted by Gasteiger charge is 2.53. The lowest BCUT2D eigenvalue weighted by molar-refractivity contribution is -0.699. The number of aromatic hydroxyl groups is 2. The smallest absolute Gasteiger partial charge is 0.352 e. The molecule has 19 heteroatoms. The molecule has 2 amide bonds. The van der Waals surface area contributed by atoms with E-state index in [9.17, 15) is 39.6 Å². The van der Waals surface area contributed by atoms with E-state index in [1.165, 1.54) is 23.2 Å². The average Bonchev–Trinajstić information content (AvgIpc) is 3.49. The van der Waals surface area contributed by atoms with Crippen LogP contribution < -0.4 is 26.5 Å². The van der Waals surface area contributed by atoms with Crippen LogP contribution >= 0.6 is 23.1 Å². The molecule has 3 aliphatic rings. The first-order chi connectivity index (χ1) is 22.9. The van der Waals surface area contributed by atoms with E-state index in [1.807, 2.05) is 4.57 Å². The highest BCUT2D eigenvalue weighted by Crippen LogP contribution is 2.40. The number of rotatable bonds is 10. The first-order valence-electron chi connectivity index (χ1n) is 14.5. The number of benzene rings is 1. The maximum Gasteiger partial charge on any atom is 0.352 e. The molecular weight excluding hydrogens is 669 g/mol. The standard InChI is InChI=1S/C29H28N8O9S2/c30-23-14-3-1-2-4-16(14)36(11-32-23)8-13-9-47-26-20(25(41)37(26)21(13)27(42)43)34-24(40)19(15-10-48-29(31)33-15)35-46-22(28(44)45)12-5-6-17(38)18(39)7-12/h5-7,10-11,20,22,26,30H,1-4,8-9H2,(H7,31,33,34,35,38,39,40,42,43,44,45)/t20-,22+,26-/m1/s1. The second-order valence-corrected chi connectivity index (χ2v) is 13.1. The number of nitrogens with zero attached hydrogens (tertiary/aromatic N) is 5. The predicted octanol–water partition coefficient (Wildman–Crippen LogP) is -1.07. The average molecular weight is 697 g/mol. The number of aromatic nitrogens is 3. The number of anilines is 2. The van der Waals surface area contributed by atoms with Crippen molar-refractivity contribution in [1.82, 2.24) is 20.2 Å². The van der Waals surface area contributed by atoms with Crippen molar-refractivity contribution in [3.8, 4) is 11.5 Å². The van der Waals surface area contributed by atoms with Crippen molar-refractivity contribution in [1.29, 1.82) is 0 Å². The number of β-lactam (4-membered cyclic amide) rings is 1. The molecule has 0 saturated carbocycles. The molecule has 1 aromatic carbocycles. The van der Waals surface area contributed by atoms with E-state index < -0.39 is 58.5 Å². The lowest BCUT2D eigenvalue weighted by atomic mass is 9.96. The normalized spacial score (nSPS) is 19.5. The Morgan fingerprint density at radius 2 is 1.98 bits per heavy atom. The molecule has 2 aromatic heterocycles. The van der Waals surface area contributed by atoms with Crippen LogP contribution in [-0.4, -0.2) is 76.8 Å². The van der Waals surface area contributed by atoms with Crippen LogP contribution in [-0.2, 0) is 43.4 Å². The number of phenols is 2. The maximum atomic E-state index is 13.5. The van der Waals surface area contributed by atoms with Gasteiger partial charge >= 0.3 is 5.97 Å². The van der Waals surface area contributed by atoms with Crippen LogP contribution in [0.4, 0.5) is 10.9 Å². The number of carbonyl (C=O) groups is 4. The summed E-state index contributed by atoms with van der Waals surface area (Å²) in [5, 5.41) is 48.4. The third kappa shape index (κ3) is 6.04. The number of carboxylic acids is 2. The second-order valence-electron chi connectivity index (χ2n) is 11.1. The lowest BCUT2D eigenvalue weighted by Gasteiger charge is -2.50. The highest BCUT2D eigenvalue weighted by molar-refractivity contribution is 8.00. The molecule has 3 atom stereocenters. The summed E-state index contributed by atoms with van der Waals surface area (Å²) < 4.78 is 1.85. The molecular formula is C29H28N8O9S2. The van der Waals surface area contributed by atoms with Crippen LogP contribution in [0, 0.1) is 0 Å². The number of nitrogens with one attached hydrogen (secondary N) is 1. The number of hydrogen-bond donors (Lipinski definition) is 6. The quantitative estimate of drug-likeness (QED) is 0.0485. The molecule has 1 saturated heterocycles. The zero-order chi connectivity index (χ0) is 34.3. The molecule has 1 fully saturated rings. The minimum Gasteiger partial charge on any atom is -0.543 e. The summed E-state index contributed by atoms with van der Waals surface area (Å²) in [7, 11) is 0. The topological polar surface area (TPSA) is 271 Å². The largest absolute Gasteiger partial charge is 0.543 e. The van der Waals surface area contributed by atoms with Crippen molar-refractivity contribution in [2.45, 2.75) is 49.7 Å². The number of aliphatic carboxylic acids is 2. The van der Waals surface area contributed by atoms with Crippen molar-refractivity contribution in [2.24, 2.45) is 5.16 Å². The number of phenolic OH excluding ortho intramolecular Hbond substituents is 2. The van der Waals surface area contributed by atoms with Crippen LogP contribution in [0.25, 0.3) is 0 Å². The van der Waals surface area contributed by atoms with E-state index in [0.717, 1.165) is 65.3 Å². The maximum absolute atomic E-state index is 13.5. The molecule has 0 unspecified atom stereocenters. The number of carboxylic acid groups (broad SMARTS) is 2. The number of carbonyl (C=O) groups excluding carboxylic acids is 3.